The molecule has 0 saturated carbocycles. The summed E-state index contributed by atoms with van der Waals surface area (Å²) >= 11 is 0. The predicted molar refractivity (Wildman–Crippen MR) is 222 cm³/mol. The highest BCUT2D eigenvalue weighted by Gasteiger charge is 2.45. The zero-order valence-corrected chi connectivity index (χ0v) is 29.9. The van der Waals surface area contributed by atoms with E-state index in [1.807, 2.05) is 66.9 Å². The largest absolute Gasteiger partial charge is 0.255 e. The van der Waals surface area contributed by atoms with Gasteiger partial charge in [-0.3, -0.25) is 4.98 Å². The van der Waals surface area contributed by atoms with Gasteiger partial charge in [0.1, 0.15) is 0 Å². The summed E-state index contributed by atoms with van der Waals surface area (Å²) in [6.07, 6.45) is 1.85. The molecule has 4 heteroatoms. The summed E-state index contributed by atoms with van der Waals surface area (Å²) in [5.74, 6) is 1.80. The maximum absolute atomic E-state index is 5.05. The van der Waals surface area contributed by atoms with Crippen LogP contribution in [0.15, 0.2) is 206 Å². The lowest BCUT2D eigenvalue weighted by Gasteiger charge is -2.33. The number of pyridine rings is 1. The van der Waals surface area contributed by atoms with Crippen LogP contribution < -0.4 is 0 Å². The van der Waals surface area contributed by atoms with E-state index in [1.54, 1.807) is 0 Å². The van der Waals surface area contributed by atoms with Gasteiger partial charge in [-0.15, -0.1) is 0 Å². The fraction of sp³-hybridized carbons (Fsp3) is 0.0196. The summed E-state index contributed by atoms with van der Waals surface area (Å²) < 4.78 is 0. The van der Waals surface area contributed by atoms with Gasteiger partial charge in [0.2, 0.25) is 0 Å². The zero-order valence-electron chi connectivity index (χ0n) is 29.9. The summed E-state index contributed by atoms with van der Waals surface area (Å²) in [6, 6.07) is 70.5. The summed E-state index contributed by atoms with van der Waals surface area (Å²) in [5, 5.41) is 0. The van der Waals surface area contributed by atoms with E-state index in [2.05, 4.69) is 140 Å². The van der Waals surface area contributed by atoms with Gasteiger partial charge in [0, 0.05) is 28.5 Å². The Morgan fingerprint density at radius 1 is 0.309 bits per heavy atom. The van der Waals surface area contributed by atoms with E-state index >= 15 is 0 Å². The first-order chi connectivity index (χ1) is 27.3. The molecule has 2 heterocycles. The molecule has 1 aliphatic carbocycles. The van der Waals surface area contributed by atoms with E-state index in [9.17, 15) is 0 Å². The molecule has 0 bridgehead atoms. The third kappa shape index (κ3) is 5.63. The Balaban J connectivity index is 1.09. The van der Waals surface area contributed by atoms with Crippen molar-refractivity contribution >= 4 is 0 Å². The van der Waals surface area contributed by atoms with Crippen molar-refractivity contribution in [1.82, 2.24) is 19.9 Å². The zero-order chi connectivity index (χ0) is 36.6. The summed E-state index contributed by atoms with van der Waals surface area (Å²) in [6.45, 7) is 0. The molecule has 0 spiro atoms. The SMILES string of the molecule is c1ccc(-c2ccc(-c3nc(-c4ccccc4)nc(-c4cccc(-c5ccc6c(c5)-c5ccccc5C6(c5ccccc5)c5ccccc5)c4)n3)cn2)cc1. The van der Waals surface area contributed by atoms with Crippen LogP contribution in [0, 0.1) is 0 Å². The van der Waals surface area contributed by atoms with Gasteiger partial charge in [0.15, 0.2) is 17.5 Å². The van der Waals surface area contributed by atoms with Crippen molar-refractivity contribution in [3.8, 4) is 67.7 Å². The third-order valence-electron chi connectivity index (χ3n) is 10.7. The molecular formula is C51H34N4. The molecule has 0 radical (unpaired) electrons. The molecule has 0 amide bonds. The molecule has 2 aromatic heterocycles. The predicted octanol–water partition coefficient (Wildman–Crippen LogP) is 12.0. The van der Waals surface area contributed by atoms with Crippen molar-refractivity contribution in [3.63, 3.8) is 0 Å². The summed E-state index contributed by atoms with van der Waals surface area (Å²) in [4.78, 5) is 19.8. The minimum absolute atomic E-state index is 0.432. The van der Waals surface area contributed by atoms with Crippen molar-refractivity contribution in [2.45, 2.75) is 5.41 Å². The molecule has 258 valence electrons. The number of nitrogens with zero attached hydrogens (tertiary/aromatic N) is 4. The second-order valence-corrected chi connectivity index (χ2v) is 13.8. The topological polar surface area (TPSA) is 51.6 Å². The molecule has 0 N–H and O–H groups in total. The highest BCUT2D eigenvalue weighted by molar-refractivity contribution is 5.89. The molecule has 10 rings (SSSR count). The van der Waals surface area contributed by atoms with Gasteiger partial charge >= 0.3 is 0 Å². The summed E-state index contributed by atoms with van der Waals surface area (Å²) in [5.41, 5.74) is 14.0. The van der Waals surface area contributed by atoms with E-state index in [4.69, 9.17) is 19.9 Å². The first kappa shape index (κ1) is 32.4. The number of fused-ring (bicyclic) bond motifs is 3. The Bertz CT molecular complexity index is 2740. The molecular weight excluding hydrogens is 669 g/mol. The highest BCUT2D eigenvalue weighted by Crippen LogP contribution is 2.56. The van der Waals surface area contributed by atoms with Crippen molar-refractivity contribution in [3.05, 3.63) is 229 Å². The minimum Gasteiger partial charge on any atom is -0.255 e. The van der Waals surface area contributed by atoms with Gasteiger partial charge < -0.3 is 0 Å². The lowest BCUT2D eigenvalue weighted by Crippen LogP contribution is -2.28. The highest BCUT2D eigenvalue weighted by atomic mass is 15.0. The Kier molecular flexibility index (Phi) is 8.00. The smallest absolute Gasteiger partial charge is 0.165 e. The number of hydrogen-bond acceptors (Lipinski definition) is 4. The van der Waals surface area contributed by atoms with E-state index in [0.717, 1.165) is 39.1 Å². The molecule has 9 aromatic rings. The Hall–Kier alpha value is -7.30. The van der Waals surface area contributed by atoms with Gasteiger partial charge in [-0.05, 0) is 68.8 Å². The molecule has 0 aliphatic heterocycles. The Morgan fingerprint density at radius 3 is 1.45 bits per heavy atom. The van der Waals surface area contributed by atoms with Gasteiger partial charge in [0.25, 0.3) is 0 Å². The van der Waals surface area contributed by atoms with Gasteiger partial charge in [-0.25, -0.2) is 15.0 Å². The average Bonchev–Trinajstić information content (AvgIpc) is 3.58. The second kappa shape index (κ2) is 13.6. The molecule has 0 atom stereocenters. The van der Waals surface area contributed by atoms with Crippen LogP contribution in [-0.4, -0.2) is 19.9 Å². The normalized spacial score (nSPS) is 12.5. The molecule has 0 unspecified atom stereocenters. The number of hydrogen-bond donors (Lipinski definition) is 0. The molecule has 55 heavy (non-hydrogen) atoms. The standard InChI is InChI=1S/C51H34N4/c1-5-16-35(17-6-1)47-31-29-40(34-52-47)50-54-48(36-18-7-2-8-19-36)53-49(55-50)39-21-15-20-37(32-39)38-28-30-46-44(33-38)43-26-13-14-27-45(43)51(46,41-22-9-3-10-23-41)42-24-11-4-12-25-42/h1-34H. The molecule has 0 saturated heterocycles. The molecule has 0 fully saturated rings. The summed E-state index contributed by atoms with van der Waals surface area (Å²) in [7, 11) is 0. The first-order valence-corrected chi connectivity index (χ1v) is 18.6. The van der Waals surface area contributed by atoms with E-state index < -0.39 is 5.41 Å². The minimum atomic E-state index is -0.432. The van der Waals surface area contributed by atoms with Crippen LogP contribution in [0.4, 0.5) is 0 Å². The van der Waals surface area contributed by atoms with Crippen LogP contribution >= 0.6 is 0 Å². The Labute approximate surface area is 320 Å². The maximum atomic E-state index is 5.05. The molecule has 4 nitrogen and oxygen atoms in total. The van der Waals surface area contributed by atoms with Gasteiger partial charge in [-0.1, -0.05) is 176 Å². The van der Waals surface area contributed by atoms with Crippen LogP contribution in [0.5, 0.6) is 0 Å². The van der Waals surface area contributed by atoms with Crippen molar-refractivity contribution in [1.29, 1.82) is 0 Å². The van der Waals surface area contributed by atoms with Crippen molar-refractivity contribution in [2.24, 2.45) is 0 Å². The quantitative estimate of drug-likeness (QED) is 0.166. The molecule has 7 aromatic carbocycles. The monoisotopic (exact) mass is 702 g/mol. The number of rotatable bonds is 7. The molecule has 1 aliphatic rings. The maximum Gasteiger partial charge on any atom is 0.165 e. The fourth-order valence-corrected chi connectivity index (χ4v) is 8.12. The van der Waals surface area contributed by atoms with Crippen molar-refractivity contribution < 1.29 is 0 Å². The average molecular weight is 703 g/mol. The van der Waals surface area contributed by atoms with E-state index in [1.165, 1.54) is 33.4 Å². The lowest BCUT2D eigenvalue weighted by atomic mass is 9.67. The Morgan fingerprint density at radius 2 is 0.800 bits per heavy atom. The van der Waals surface area contributed by atoms with E-state index in [0.29, 0.717) is 17.5 Å². The van der Waals surface area contributed by atoms with E-state index in [-0.39, 0.29) is 0 Å². The number of benzene rings is 7. The van der Waals surface area contributed by atoms with Crippen LogP contribution in [-0.2, 0) is 5.41 Å². The lowest BCUT2D eigenvalue weighted by molar-refractivity contribution is 0.768. The number of aromatic nitrogens is 4. The fourth-order valence-electron chi connectivity index (χ4n) is 8.12. The third-order valence-corrected chi connectivity index (χ3v) is 10.7. The van der Waals surface area contributed by atoms with Crippen LogP contribution in [0.25, 0.3) is 67.7 Å². The second-order valence-electron chi connectivity index (χ2n) is 13.8. The van der Waals surface area contributed by atoms with Crippen LogP contribution in [0.3, 0.4) is 0 Å². The van der Waals surface area contributed by atoms with Gasteiger partial charge in [0.05, 0.1) is 11.1 Å². The van der Waals surface area contributed by atoms with Crippen LogP contribution in [0.1, 0.15) is 22.3 Å². The first-order valence-electron chi connectivity index (χ1n) is 18.6. The van der Waals surface area contributed by atoms with Crippen LogP contribution in [0.2, 0.25) is 0 Å². The van der Waals surface area contributed by atoms with Gasteiger partial charge in [-0.2, -0.15) is 0 Å². The van der Waals surface area contributed by atoms with Crippen molar-refractivity contribution in [2.75, 3.05) is 0 Å².